The number of hydrogen-bond donors (Lipinski definition) is 1. The van der Waals surface area contributed by atoms with Crippen molar-refractivity contribution in [2.24, 2.45) is 5.92 Å². The van der Waals surface area contributed by atoms with Gasteiger partial charge in [0.1, 0.15) is 0 Å². The van der Waals surface area contributed by atoms with Crippen LogP contribution in [0.25, 0.3) is 10.8 Å². The summed E-state index contributed by atoms with van der Waals surface area (Å²) in [7, 11) is 0. The summed E-state index contributed by atoms with van der Waals surface area (Å²) in [5.74, 6) is 1.35. The Bertz CT molecular complexity index is 1110. The predicted molar refractivity (Wildman–Crippen MR) is 109 cm³/mol. The van der Waals surface area contributed by atoms with Crippen molar-refractivity contribution in [2.75, 3.05) is 24.8 Å². The van der Waals surface area contributed by atoms with E-state index < -0.39 is 0 Å². The van der Waals surface area contributed by atoms with Crippen molar-refractivity contribution in [2.45, 2.75) is 6.42 Å². The molecule has 0 radical (unpaired) electrons. The summed E-state index contributed by atoms with van der Waals surface area (Å²) in [4.78, 5) is 27.0. The second-order valence-corrected chi connectivity index (χ2v) is 7.35. The fourth-order valence-corrected chi connectivity index (χ4v) is 3.98. The molecule has 1 atom stereocenters. The lowest BCUT2D eigenvalue weighted by Gasteiger charge is -2.17. The van der Waals surface area contributed by atoms with Crippen molar-refractivity contribution in [3.8, 4) is 11.5 Å². The van der Waals surface area contributed by atoms with Gasteiger partial charge in [-0.2, -0.15) is 0 Å². The fourth-order valence-electron chi connectivity index (χ4n) is 3.98. The van der Waals surface area contributed by atoms with E-state index in [0.717, 1.165) is 16.5 Å². The second-order valence-electron chi connectivity index (χ2n) is 7.35. The Labute approximate surface area is 168 Å². The maximum absolute atomic E-state index is 12.7. The van der Waals surface area contributed by atoms with E-state index in [1.54, 1.807) is 4.90 Å². The molecule has 5 rings (SSSR count). The third kappa shape index (κ3) is 3.27. The average Bonchev–Trinajstić information content (AvgIpc) is 3.37. The number of benzene rings is 3. The van der Waals surface area contributed by atoms with Crippen LogP contribution in [0.15, 0.2) is 60.7 Å². The number of nitrogens with zero attached hydrogens (tertiary/aromatic N) is 1. The van der Waals surface area contributed by atoms with Gasteiger partial charge in [-0.15, -0.1) is 0 Å². The van der Waals surface area contributed by atoms with Crippen molar-refractivity contribution in [3.63, 3.8) is 0 Å². The Morgan fingerprint density at radius 2 is 1.86 bits per heavy atom. The number of amides is 2. The molecule has 2 heterocycles. The molecule has 3 aromatic rings. The van der Waals surface area contributed by atoms with Gasteiger partial charge in [0.25, 0.3) is 5.91 Å². The molecule has 0 bridgehead atoms. The molecule has 1 fully saturated rings. The number of hydrogen-bond acceptors (Lipinski definition) is 4. The Hall–Kier alpha value is -3.54. The first-order valence-electron chi connectivity index (χ1n) is 9.65. The van der Waals surface area contributed by atoms with Crippen LogP contribution in [0, 0.1) is 5.92 Å². The zero-order chi connectivity index (χ0) is 19.8. The lowest BCUT2D eigenvalue weighted by molar-refractivity contribution is -0.117. The Morgan fingerprint density at radius 3 is 2.79 bits per heavy atom. The largest absolute Gasteiger partial charge is 0.454 e. The number of carbonyl (C=O) groups is 2. The van der Waals surface area contributed by atoms with Crippen LogP contribution >= 0.6 is 0 Å². The summed E-state index contributed by atoms with van der Waals surface area (Å²) in [6.07, 6.45) is 0.407. The first-order chi connectivity index (χ1) is 14.2. The molecule has 1 saturated heterocycles. The highest BCUT2D eigenvalue weighted by molar-refractivity contribution is 6.07. The van der Waals surface area contributed by atoms with E-state index in [-0.39, 0.29) is 24.5 Å². The second kappa shape index (κ2) is 7.13. The maximum Gasteiger partial charge on any atom is 0.251 e. The molecule has 0 aliphatic carbocycles. The third-order valence-electron chi connectivity index (χ3n) is 5.46. The Kier molecular flexibility index (Phi) is 4.31. The van der Waals surface area contributed by atoms with Gasteiger partial charge >= 0.3 is 0 Å². The van der Waals surface area contributed by atoms with Crippen LogP contribution in [-0.4, -0.2) is 31.7 Å². The maximum atomic E-state index is 12.7. The lowest BCUT2D eigenvalue weighted by Crippen LogP contribution is -2.31. The molecule has 2 aliphatic rings. The van der Waals surface area contributed by atoms with Gasteiger partial charge in [0.15, 0.2) is 11.5 Å². The van der Waals surface area contributed by atoms with Crippen molar-refractivity contribution in [1.82, 2.24) is 5.32 Å². The van der Waals surface area contributed by atoms with E-state index in [9.17, 15) is 9.59 Å². The molecule has 1 N–H and O–H groups in total. The topological polar surface area (TPSA) is 67.9 Å². The molecule has 2 amide bonds. The monoisotopic (exact) mass is 388 g/mol. The van der Waals surface area contributed by atoms with Gasteiger partial charge in [0, 0.05) is 42.7 Å². The predicted octanol–water partition coefficient (Wildman–Crippen LogP) is 3.35. The van der Waals surface area contributed by atoms with Crippen molar-refractivity contribution in [1.29, 1.82) is 0 Å². The molecular formula is C23H20N2O4. The van der Waals surface area contributed by atoms with Crippen LogP contribution in [0.5, 0.6) is 11.5 Å². The number of nitrogens with one attached hydrogen (secondary N) is 1. The summed E-state index contributed by atoms with van der Waals surface area (Å²) in [5.41, 5.74) is 1.45. The van der Waals surface area contributed by atoms with Gasteiger partial charge in [0.2, 0.25) is 12.7 Å². The van der Waals surface area contributed by atoms with E-state index in [0.29, 0.717) is 36.6 Å². The highest BCUT2D eigenvalue weighted by Crippen LogP contribution is 2.37. The zero-order valence-corrected chi connectivity index (χ0v) is 15.8. The van der Waals surface area contributed by atoms with E-state index >= 15 is 0 Å². The quantitative estimate of drug-likeness (QED) is 0.744. The minimum absolute atomic E-state index is 0.0493. The van der Waals surface area contributed by atoms with Crippen molar-refractivity contribution >= 4 is 28.3 Å². The smallest absolute Gasteiger partial charge is 0.251 e. The van der Waals surface area contributed by atoms with Gasteiger partial charge in [-0.3, -0.25) is 9.59 Å². The Morgan fingerprint density at radius 1 is 1.03 bits per heavy atom. The van der Waals surface area contributed by atoms with Gasteiger partial charge < -0.3 is 19.7 Å². The minimum Gasteiger partial charge on any atom is -0.454 e. The average molecular weight is 388 g/mol. The van der Waals surface area contributed by atoms with Crippen LogP contribution in [0.3, 0.4) is 0 Å². The molecule has 0 saturated carbocycles. The summed E-state index contributed by atoms with van der Waals surface area (Å²) in [6.45, 7) is 1.22. The van der Waals surface area contributed by atoms with Crippen LogP contribution < -0.4 is 19.7 Å². The lowest BCUT2D eigenvalue weighted by atomic mass is 10.0. The van der Waals surface area contributed by atoms with Gasteiger partial charge in [-0.1, -0.05) is 36.4 Å². The number of fused-ring (bicyclic) bond motifs is 2. The standard InChI is InChI=1S/C23H20N2O4/c26-22-10-15(13-25(22)17-8-9-20-21(11-17)29-14-28-20)12-24-23(27)19-7-3-5-16-4-1-2-6-18(16)19/h1-9,11,15H,10,12-14H2,(H,24,27). The van der Waals surface area contributed by atoms with Gasteiger partial charge in [0.05, 0.1) is 0 Å². The minimum atomic E-state index is -0.115. The number of ether oxygens (including phenoxy) is 2. The number of carbonyl (C=O) groups excluding carboxylic acids is 2. The zero-order valence-electron chi connectivity index (χ0n) is 15.8. The number of anilines is 1. The molecule has 3 aromatic carbocycles. The molecule has 146 valence electrons. The summed E-state index contributed by atoms with van der Waals surface area (Å²) >= 11 is 0. The first-order valence-corrected chi connectivity index (χ1v) is 9.65. The molecule has 1 unspecified atom stereocenters. The van der Waals surface area contributed by atoms with E-state index in [1.807, 2.05) is 60.7 Å². The summed E-state index contributed by atoms with van der Waals surface area (Å²) in [6, 6.07) is 19.0. The van der Waals surface area contributed by atoms with Crippen molar-refractivity contribution < 1.29 is 19.1 Å². The van der Waals surface area contributed by atoms with Crippen LogP contribution in [0.2, 0.25) is 0 Å². The van der Waals surface area contributed by atoms with Crippen LogP contribution in [-0.2, 0) is 4.79 Å². The number of rotatable bonds is 4. The summed E-state index contributed by atoms with van der Waals surface area (Å²) < 4.78 is 10.7. The highest BCUT2D eigenvalue weighted by Gasteiger charge is 2.31. The van der Waals surface area contributed by atoms with E-state index in [2.05, 4.69) is 5.32 Å². The van der Waals surface area contributed by atoms with E-state index in [4.69, 9.17) is 9.47 Å². The van der Waals surface area contributed by atoms with Crippen LogP contribution in [0.4, 0.5) is 5.69 Å². The highest BCUT2D eigenvalue weighted by atomic mass is 16.7. The normalized spacial score (nSPS) is 17.7. The Balaban J connectivity index is 1.26. The van der Waals surface area contributed by atoms with Crippen LogP contribution in [0.1, 0.15) is 16.8 Å². The summed E-state index contributed by atoms with van der Waals surface area (Å²) in [5, 5.41) is 4.97. The first kappa shape index (κ1) is 17.6. The fraction of sp³-hybridized carbons (Fsp3) is 0.217. The molecule has 2 aliphatic heterocycles. The molecule has 0 spiro atoms. The molecule has 0 aromatic heterocycles. The molecular weight excluding hydrogens is 368 g/mol. The van der Waals surface area contributed by atoms with E-state index in [1.165, 1.54) is 0 Å². The molecule has 29 heavy (non-hydrogen) atoms. The molecule has 6 heteroatoms. The van der Waals surface area contributed by atoms with Gasteiger partial charge in [-0.05, 0) is 29.0 Å². The molecule has 6 nitrogen and oxygen atoms in total. The SMILES string of the molecule is O=C(NCC1CC(=O)N(c2ccc3c(c2)OCO3)C1)c1cccc2ccccc12. The van der Waals surface area contributed by atoms with Gasteiger partial charge in [-0.25, -0.2) is 0 Å². The third-order valence-corrected chi connectivity index (χ3v) is 5.46. The van der Waals surface area contributed by atoms with Crippen molar-refractivity contribution in [3.05, 3.63) is 66.2 Å².